The second-order valence-electron chi connectivity index (χ2n) is 7.97. The van der Waals surface area contributed by atoms with E-state index in [1.165, 1.54) is 11.6 Å². The number of aromatic nitrogens is 1. The molecule has 8 heteroatoms. The molecule has 0 radical (unpaired) electrons. The molecule has 0 unspecified atom stereocenters. The van der Waals surface area contributed by atoms with Crippen molar-refractivity contribution in [2.24, 2.45) is 0 Å². The van der Waals surface area contributed by atoms with Gasteiger partial charge in [-0.2, -0.15) is 0 Å². The van der Waals surface area contributed by atoms with Crippen LogP contribution in [0.25, 0.3) is 28.6 Å². The number of phenolic OH excluding ortho intramolecular Hbond substituents is 1. The van der Waals surface area contributed by atoms with Crippen molar-refractivity contribution < 1.29 is 14.3 Å². The van der Waals surface area contributed by atoms with Gasteiger partial charge in [-0.3, -0.25) is 10.1 Å². The van der Waals surface area contributed by atoms with Gasteiger partial charge < -0.3 is 14.8 Å². The lowest BCUT2D eigenvalue weighted by atomic mass is 10.0. The summed E-state index contributed by atoms with van der Waals surface area (Å²) in [6, 6.07) is 18.4. The van der Waals surface area contributed by atoms with Gasteiger partial charge in [-0.25, -0.2) is 4.98 Å². The number of rotatable bonds is 5. The van der Waals surface area contributed by atoms with Crippen LogP contribution in [0.15, 0.2) is 75.6 Å². The molecule has 1 aromatic heterocycles. The number of carbonyl (C=O) groups is 1. The van der Waals surface area contributed by atoms with Crippen molar-refractivity contribution >= 4 is 62.0 Å². The molecule has 4 aromatic rings. The van der Waals surface area contributed by atoms with E-state index in [2.05, 4.69) is 57.5 Å². The molecule has 0 spiro atoms. The lowest BCUT2D eigenvalue weighted by Gasteiger charge is -2.08. The summed E-state index contributed by atoms with van der Waals surface area (Å²) in [4.78, 5) is 16.8. The number of anilines is 1. The van der Waals surface area contributed by atoms with Gasteiger partial charge in [0, 0.05) is 17.3 Å². The number of hydrogen-bond donors (Lipinski definition) is 3. The standard InChI is InChI=1S/C26H22BrN3O3S/c1-15(2)17-6-3-16(4-7-17)5-12-24(32)30-26(34)28-19-9-11-23-21(14-19)29-25(33-23)18-8-10-22(31)20(27)13-18/h3-15,31H,1-2H3,(H2,28,30,32,34)/b12-5+. The van der Waals surface area contributed by atoms with E-state index in [4.69, 9.17) is 16.6 Å². The highest BCUT2D eigenvalue weighted by molar-refractivity contribution is 9.10. The van der Waals surface area contributed by atoms with E-state index in [9.17, 15) is 9.90 Å². The molecule has 0 aliphatic carbocycles. The lowest BCUT2D eigenvalue weighted by Crippen LogP contribution is -2.32. The Hall–Kier alpha value is -3.49. The summed E-state index contributed by atoms with van der Waals surface area (Å²) >= 11 is 8.56. The summed E-state index contributed by atoms with van der Waals surface area (Å²) in [5.41, 5.74) is 4.81. The zero-order valence-corrected chi connectivity index (χ0v) is 20.9. The number of aromatic hydroxyl groups is 1. The Morgan fingerprint density at radius 2 is 1.88 bits per heavy atom. The van der Waals surface area contributed by atoms with Gasteiger partial charge in [0.25, 0.3) is 0 Å². The fraction of sp³-hybridized carbons (Fsp3) is 0.115. The smallest absolute Gasteiger partial charge is 0.250 e. The Kier molecular flexibility index (Phi) is 7.09. The predicted octanol–water partition coefficient (Wildman–Crippen LogP) is 6.61. The Bertz CT molecular complexity index is 1390. The SMILES string of the molecule is CC(C)c1ccc(/C=C/C(=O)NC(=S)Nc2ccc3oc(-c4ccc(O)c(Br)c4)nc3c2)cc1. The fourth-order valence-electron chi connectivity index (χ4n) is 3.25. The fourth-order valence-corrected chi connectivity index (χ4v) is 3.85. The third kappa shape index (κ3) is 5.70. The minimum absolute atomic E-state index is 0.140. The van der Waals surface area contributed by atoms with Crippen LogP contribution in [0.3, 0.4) is 0 Å². The van der Waals surface area contributed by atoms with Crippen LogP contribution in [-0.4, -0.2) is 21.1 Å². The number of nitrogens with zero attached hydrogens (tertiary/aromatic N) is 1. The van der Waals surface area contributed by atoms with Crippen LogP contribution in [0.1, 0.15) is 30.9 Å². The van der Waals surface area contributed by atoms with Crippen LogP contribution in [0.4, 0.5) is 5.69 Å². The van der Waals surface area contributed by atoms with Gasteiger partial charge in [-0.1, -0.05) is 38.1 Å². The first-order valence-electron chi connectivity index (χ1n) is 10.6. The summed E-state index contributed by atoms with van der Waals surface area (Å²) in [6.07, 6.45) is 3.19. The monoisotopic (exact) mass is 535 g/mol. The number of amides is 1. The van der Waals surface area contributed by atoms with Gasteiger partial charge in [0.2, 0.25) is 11.8 Å². The number of thiocarbonyl (C=S) groups is 1. The summed E-state index contributed by atoms with van der Waals surface area (Å²) in [7, 11) is 0. The Morgan fingerprint density at radius 1 is 1.12 bits per heavy atom. The molecule has 3 N–H and O–H groups in total. The number of carbonyl (C=O) groups excluding carboxylic acids is 1. The summed E-state index contributed by atoms with van der Waals surface area (Å²) in [6.45, 7) is 4.28. The van der Waals surface area contributed by atoms with Gasteiger partial charge in [-0.15, -0.1) is 0 Å². The molecule has 0 aliphatic rings. The van der Waals surface area contributed by atoms with Crippen molar-refractivity contribution in [3.05, 3.63) is 82.3 Å². The van der Waals surface area contributed by atoms with Crippen LogP contribution in [0.2, 0.25) is 0 Å². The molecule has 0 aliphatic heterocycles. The van der Waals surface area contributed by atoms with Crippen LogP contribution in [0.5, 0.6) is 5.75 Å². The van der Waals surface area contributed by atoms with Crippen LogP contribution >= 0.6 is 28.1 Å². The number of nitrogens with one attached hydrogen (secondary N) is 2. The van der Waals surface area contributed by atoms with E-state index >= 15 is 0 Å². The van der Waals surface area contributed by atoms with E-state index in [1.807, 2.05) is 12.1 Å². The highest BCUT2D eigenvalue weighted by Gasteiger charge is 2.11. The minimum Gasteiger partial charge on any atom is -0.507 e. The maximum absolute atomic E-state index is 12.2. The summed E-state index contributed by atoms with van der Waals surface area (Å²) < 4.78 is 6.37. The highest BCUT2D eigenvalue weighted by Crippen LogP contribution is 2.31. The molecule has 172 valence electrons. The number of hydrogen-bond acceptors (Lipinski definition) is 5. The number of phenols is 1. The average Bonchev–Trinajstić information content (AvgIpc) is 3.23. The molecule has 1 heterocycles. The third-order valence-electron chi connectivity index (χ3n) is 5.11. The third-order valence-corrected chi connectivity index (χ3v) is 5.95. The van der Waals surface area contributed by atoms with Crippen molar-refractivity contribution in [2.45, 2.75) is 19.8 Å². The molecule has 3 aromatic carbocycles. The maximum atomic E-state index is 12.2. The van der Waals surface area contributed by atoms with E-state index in [0.717, 1.165) is 11.1 Å². The van der Waals surface area contributed by atoms with Gasteiger partial charge in [0.15, 0.2) is 10.7 Å². The van der Waals surface area contributed by atoms with Crippen LogP contribution < -0.4 is 10.6 Å². The Morgan fingerprint density at radius 3 is 2.59 bits per heavy atom. The van der Waals surface area contributed by atoms with Gasteiger partial charge in [0.05, 0.1) is 4.47 Å². The molecular formula is C26H22BrN3O3S. The van der Waals surface area contributed by atoms with E-state index in [0.29, 0.717) is 33.1 Å². The molecule has 0 atom stereocenters. The quantitative estimate of drug-likeness (QED) is 0.197. The molecule has 0 saturated heterocycles. The second kappa shape index (κ2) is 10.2. The van der Waals surface area contributed by atoms with E-state index in [1.54, 1.807) is 42.5 Å². The first-order valence-corrected chi connectivity index (χ1v) is 11.8. The van der Waals surface area contributed by atoms with Gasteiger partial charge in [-0.05, 0) is 87.7 Å². The molecule has 6 nitrogen and oxygen atoms in total. The summed E-state index contributed by atoms with van der Waals surface area (Å²) in [5.74, 6) is 0.701. The normalized spacial score (nSPS) is 11.3. The molecule has 4 rings (SSSR count). The maximum Gasteiger partial charge on any atom is 0.250 e. The predicted molar refractivity (Wildman–Crippen MR) is 143 cm³/mol. The lowest BCUT2D eigenvalue weighted by molar-refractivity contribution is -0.115. The van der Waals surface area contributed by atoms with Crippen LogP contribution in [0, 0.1) is 0 Å². The first kappa shape index (κ1) is 23.7. The van der Waals surface area contributed by atoms with E-state index in [-0.39, 0.29) is 16.8 Å². The zero-order valence-electron chi connectivity index (χ0n) is 18.5. The molecule has 34 heavy (non-hydrogen) atoms. The van der Waals surface area contributed by atoms with Gasteiger partial charge in [0.1, 0.15) is 11.3 Å². The van der Waals surface area contributed by atoms with Gasteiger partial charge >= 0.3 is 0 Å². The number of halogens is 1. The van der Waals surface area contributed by atoms with E-state index < -0.39 is 0 Å². The number of fused-ring (bicyclic) bond motifs is 1. The first-order chi connectivity index (χ1) is 16.3. The Balaban J connectivity index is 1.39. The molecule has 0 saturated carbocycles. The van der Waals surface area contributed by atoms with Crippen molar-refractivity contribution in [3.63, 3.8) is 0 Å². The van der Waals surface area contributed by atoms with Crippen LogP contribution in [-0.2, 0) is 4.79 Å². The second-order valence-corrected chi connectivity index (χ2v) is 9.23. The number of oxazole rings is 1. The highest BCUT2D eigenvalue weighted by atomic mass is 79.9. The molecular weight excluding hydrogens is 514 g/mol. The largest absolute Gasteiger partial charge is 0.507 e. The zero-order chi connectivity index (χ0) is 24.2. The average molecular weight is 536 g/mol. The van der Waals surface area contributed by atoms with Crippen molar-refractivity contribution in [1.29, 1.82) is 0 Å². The van der Waals surface area contributed by atoms with Crippen molar-refractivity contribution in [3.8, 4) is 17.2 Å². The molecule has 1 amide bonds. The minimum atomic E-state index is -0.326. The Labute approximate surface area is 210 Å². The number of benzene rings is 3. The van der Waals surface area contributed by atoms with Crippen molar-refractivity contribution in [2.75, 3.05) is 5.32 Å². The van der Waals surface area contributed by atoms with Crippen molar-refractivity contribution in [1.82, 2.24) is 10.3 Å². The molecule has 0 fully saturated rings. The molecule has 0 bridgehead atoms. The summed E-state index contributed by atoms with van der Waals surface area (Å²) in [5, 5.41) is 15.5. The topological polar surface area (TPSA) is 87.4 Å².